The Labute approximate surface area is 268 Å². The van der Waals surface area contributed by atoms with Crippen LogP contribution < -0.4 is 15.4 Å². The van der Waals surface area contributed by atoms with Crippen molar-refractivity contribution in [1.29, 1.82) is 0 Å². The number of fused-ring (bicyclic) bond motifs is 2. The number of piperidine rings is 1. The first-order valence-corrected chi connectivity index (χ1v) is 15.6. The van der Waals surface area contributed by atoms with E-state index in [4.69, 9.17) is 36.5 Å². The Hall–Kier alpha value is -2.78. The Bertz CT molecular complexity index is 1520. The number of hydrogen-bond acceptors (Lipinski definition) is 9. The Balaban J connectivity index is 1.37. The molecule has 4 aliphatic heterocycles. The molecular weight excluding hydrogens is 637 g/mol. The average Bonchev–Trinajstić information content (AvgIpc) is 3.51. The van der Waals surface area contributed by atoms with Crippen LogP contribution in [-0.2, 0) is 28.7 Å². The molecule has 4 aliphatic rings. The first kappa shape index (κ1) is 33.1. The molecule has 2 aromatic rings. The van der Waals surface area contributed by atoms with E-state index in [1.54, 1.807) is 14.0 Å². The van der Waals surface area contributed by atoms with E-state index in [2.05, 4.69) is 4.98 Å². The van der Waals surface area contributed by atoms with E-state index in [1.807, 2.05) is 9.80 Å². The molecule has 5 heterocycles. The van der Waals surface area contributed by atoms with Gasteiger partial charge in [-0.15, -0.1) is 0 Å². The van der Waals surface area contributed by atoms with Gasteiger partial charge in [-0.1, -0.05) is 11.6 Å². The van der Waals surface area contributed by atoms with Crippen molar-refractivity contribution < 1.29 is 41.3 Å². The monoisotopic (exact) mass is 673 g/mol. The zero-order chi connectivity index (χ0) is 33.0. The van der Waals surface area contributed by atoms with Gasteiger partial charge in [-0.2, -0.15) is 31.9 Å². The number of β-amino-alcohol motifs (C(OH)–C–C–N with tert-alkyl or cyclic N) is 1. The maximum atomic E-state index is 14.1. The van der Waals surface area contributed by atoms with Crippen LogP contribution in [-0.4, -0.2) is 77.6 Å². The number of aliphatic hydroxyl groups is 1. The minimum absolute atomic E-state index is 0.0241. The molecule has 0 radical (unpaired) electrons. The van der Waals surface area contributed by atoms with Crippen molar-refractivity contribution in [2.24, 2.45) is 5.92 Å². The van der Waals surface area contributed by atoms with Crippen molar-refractivity contribution >= 4 is 23.1 Å². The fourth-order valence-electron chi connectivity index (χ4n) is 7.67. The molecule has 1 aromatic carbocycles. The molecule has 0 bridgehead atoms. The van der Waals surface area contributed by atoms with Crippen molar-refractivity contribution in [1.82, 2.24) is 14.9 Å². The maximum Gasteiger partial charge on any atom is 0.418 e. The van der Waals surface area contributed by atoms with Crippen LogP contribution >= 0.6 is 11.6 Å². The number of halogens is 6. The topological polar surface area (TPSA) is 106 Å². The highest BCUT2D eigenvalue weighted by atomic mass is 35.5. The van der Waals surface area contributed by atoms with Crippen molar-refractivity contribution in [3.05, 3.63) is 51.2 Å². The van der Waals surface area contributed by atoms with E-state index in [9.17, 15) is 27.1 Å². The third kappa shape index (κ3) is 6.51. The van der Waals surface area contributed by atoms with E-state index in [0.29, 0.717) is 49.6 Å². The van der Waals surface area contributed by atoms with Gasteiger partial charge in [0.15, 0.2) is 0 Å². The van der Waals surface area contributed by atoms with Crippen LogP contribution in [0.2, 0.25) is 5.02 Å². The largest absolute Gasteiger partial charge is 0.461 e. The molecule has 15 heteroatoms. The lowest BCUT2D eigenvalue weighted by atomic mass is 9.87. The van der Waals surface area contributed by atoms with E-state index in [-0.39, 0.29) is 67.9 Å². The molecule has 4 atom stereocenters. The van der Waals surface area contributed by atoms with Gasteiger partial charge in [-0.3, -0.25) is 4.90 Å². The highest BCUT2D eigenvalue weighted by molar-refractivity contribution is 6.31. The number of rotatable bonds is 7. The number of benzene rings is 1. The maximum absolute atomic E-state index is 14.1. The normalized spacial score (nSPS) is 28.4. The molecule has 0 spiro atoms. The van der Waals surface area contributed by atoms with Crippen molar-refractivity contribution in [2.45, 2.75) is 69.1 Å². The number of anilines is 2. The minimum Gasteiger partial charge on any atom is -0.461 e. The summed E-state index contributed by atoms with van der Waals surface area (Å²) in [5, 5.41) is 10.6. The molecule has 3 N–H and O–H groups in total. The minimum atomic E-state index is -4.76. The molecule has 0 unspecified atom stereocenters. The first-order chi connectivity index (χ1) is 21.7. The second-order valence-electron chi connectivity index (χ2n) is 13.2. The van der Waals surface area contributed by atoms with Gasteiger partial charge < -0.3 is 30.0 Å². The zero-order valence-electron chi connectivity index (χ0n) is 25.6. The summed E-state index contributed by atoms with van der Waals surface area (Å²) in [4.78, 5) is 13.3. The van der Waals surface area contributed by atoms with Crippen LogP contribution in [0.5, 0.6) is 6.01 Å². The smallest absolute Gasteiger partial charge is 0.418 e. The van der Waals surface area contributed by atoms with Crippen LogP contribution in [0.25, 0.3) is 0 Å². The van der Waals surface area contributed by atoms with Gasteiger partial charge in [-0.05, 0) is 56.8 Å². The lowest BCUT2D eigenvalue weighted by Gasteiger charge is -2.43. The standard InChI is InChI=1S/C31H37ClF5N5O4/c1-29(43)9-17(13-44-2)11-41(15-29)27-21-14-45-24(20-6-19(38)7-22(32)25(20)31(35,36)37)8-23(21)39-28(40-27)46-16-30-4-3-5-42(30)12-18(10-30)26(33)34/h6-7,17,24,43H,3-5,8-16,38H2,1-2H3/t17-,24+,29-,30+/m1/s1. The Kier molecular flexibility index (Phi) is 8.89. The predicted octanol–water partition coefficient (Wildman–Crippen LogP) is 5.54. The summed E-state index contributed by atoms with van der Waals surface area (Å²) in [5.74, 6) is 0.402. The van der Waals surface area contributed by atoms with Gasteiger partial charge in [0.05, 0.1) is 46.7 Å². The molecule has 46 heavy (non-hydrogen) atoms. The Morgan fingerprint density at radius 3 is 2.76 bits per heavy atom. The summed E-state index contributed by atoms with van der Waals surface area (Å²) in [6, 6.07) is 2.24. The van der Waals surface area contributed by atoms with Gasteiger partial charge in [0.2, 0.25) is 0 Å². The highest BCUT2D eigenvalue weighted by Crippen LogP contribution is 2.46. The summed E-state index contributed by atoms with van der Waals surface area (Å²) in [7, 11) is 1.59. The van der Waals surface area contributed by atoms with Gasteiger partial charge in [-0.25, -0.2) is 0 Å². The second-order valence-corrected chi connectivity index (χ2v) is 13.6. The second kappa shape index (κ2) is 12.3. The van der Waals surface area contributed by atoms with Crippen molar-refractivity contribution in [2.75, 3.05) is 57.1 Å². The number of ether oxygens (including phenoxy) is 3. The van der Waals surface area contributed by atoms with Crippen LogP contribution in [0, 0.1) is 5.92 Å². The quantitative estimate of drug-likeness (QED) is 0.290. The molecule has 3 fully saturated rings. The molecule has 0 amide bonds. The van der Waals surface area contributed by atoms with Crippen LogP contribution in [0.4, 0.5) is 33.5 Å². The highest BCUT2D eigenvalue weighted by Gasteiger charge is 2.49. The van der Waals surface area contributed by atoms with E-state index < -0.39 is 40.1 Å². The predicted molar refractivity (Wildman–Crippen MR) is 160 cm³/mol. The van der Waals surface area contributed by atoms with Crippen LogP contribution in [0.1, 0.15) is 61.1 Å². The number of hydrogen-bond donors (Lipinski definition) is 2. The van der Waals surface area contributed by atoms with Gasteiger partial charge in [0.1, 0.15) is 12.4 Å². The number of methoxy groups -OCH3 is 1. The van der Waals surface area contributed by atoms with Gasteiger partial charge in [0, 0.05) is 55.9 Å². The molecule has 6 rings (SSSR count). The third-order valence-electron chi connectivity index (χ3n) is 9.47. The van der Waals surface area contributed by atoms with Crippen LogP contribution in [0.15, 0.2) is 23.8 Å². The summed E-state index contributed by atoms with van der Waals surface area (Å²) >= 11 is 6.04. The molecular formula is C31H37ClF5N5O4. The Morgan fingerprint density at radius 1 is 1.26 bits per heavy atom. The van der Waals surface area contributed by atoms with E-state index in [1.165, 1.54) is 6.07 Å². The third-order valence-corrected chi connectivity index (χ3v) is 9.77. The molecule has 3 saturated heterocycles. The van der Waals surface area contributed by atoms with E-state index in [0.717, 1.165) is 12.5 Å². The van der Waals surface area contributed by atoms with Gasteiger partial charge in [0.25, 0.3) is 6.08 Å². The lowest BCUT2D eigenvalue weighted by Crippen LogP contribution is -2.52. The SMILES string of the molecule is COC[C@H]1CN(c2nc(OC[C@@]34CCCN3CC(=C(F)F)C4)nc3c2CO[C@H](c2cc(N)cc(Cl)c2C(F)(F)F)C3)C[C@](C)(O)C1. The molecule has 0 saturated carbocycles. The number of nitrogens with two attached hydrogens (primary N) is 1. The Morgan fingerprint density at radius 2 is 2.04 bits per heavy atom. The van der Waals surface area contributed by atoms with Crippen LogP contribution in [0.3, 0.4) is 0 Å². The number of alkyl halides is 3. The summed E-state index contributed by atoms with van der Waals surface area (Å²) in [6.07, 6.45) is -5.39. The molecule has 1 aromatic heterocycles. The summed E-state index contributed by atoms with van der Waals surface area (Å²) < 4.78 is 87.2. The van der Waals surface area contributed by atoms with Crippen molar-refractivity contribution in [3.63, 3.8) is 0 Å². The number of nitrogens with zero attached hydrogens (tertiary/aromatic N) is 4. The molecule has 9 nitrogen and oxygen atoms in total. The summed E-state index contributed by atoms with van der Waals surface area (Å²) in [6.45, 7) is 3.63. The average molecular weight is 674 g/mol. The van der Waals surface area contributed by atoms with Gasteiger partial charge >= 0.3 is 12.2 Å². The lowest BCUT2D eigenvalue weighted by molar-refractivity contribution is -0.139. The zero-order valence-corrected chi connectivity index (χ0v) is 26.4. The molecule has 0 aliphatic carbocycles. The van der Waals surface area contributed by atoms with Crippen molar-refractivity contribution in [3.8, 4) is 6.01 Å². The number of nitrogen functional groups attached to an aromatic ring is 1. The fraction of sp³-hybridized carbons (Fsp3) is 0.613. The molecule has 252 valence electrons. The van der Waals surface area contributed by atoms with E-state index >= 15 is 0 Å². The fourth-order valence-corrected chi connectivity index (χ4v) is 8.01. The summed E-state index contributed by atoms with van der Waals surface area (Å²) in [5.41, 5.74) is 4.11. The first-order valence-electron chi connectivity index (χ1n) is 15.2. The number of aromatic nitrogens is 2.